The van der Waals surface area contributed by atoms with Crippen LogP contribution in [0.1, 0.15) is 43.0 Å². The van der Waals surface area contributed by atoms with Crippen molar-refractivity contribution in [2.75, 3.05) is 33.5 Å². The maximum Gasteiger partial charge on any atom is 0.343 e. The number of hydrogen-bond acceptors (Lipinski definition) is 10. The fraction of sp³-hybridized carbons (Fsp3) is 0.278. The highest BCUT2D eigenvalue weighted by molar-refractivity contribution is 5.93. The Hall–Kier alpha value is -5.38. The van der Waals surface area contributed by atoms with Crippen LogP contribution < -0.4 is 14.2 Å². The summed E-state index contributed by atoms with van der Waals surface area (Å²) in [6.45, 7) is 9.91. The third-order valence-corrected chi connectivity index (χ3v) is 6.40. The predicted octanol–water partition coefficient (Wildman–Crippen LogP) is 6.28. The van der Waals surface area contributed by atoms with Gasteiger partial charge in [0.2, 0.25) is 0 Å². The molecule has 0 heterocycles. The first-order valence-corrected chi connectivity index (χ1v) is 14.7. The summed E-state index contributed by atoms with van der Waals surface area (Å²) < 4.78 is 31.5. The highest BCUT2D eigenvalue weighted by atomic mass is 16.5. The Bertz CT molecular complexity index is 1490. The Kier molecular flexibility index (Phi) is 14.1. The van der Waals surface area contributed by atoms with Crippen LogP contribution in [-0.4, -0.2) is 57.4 Å². The van der Waals surface area contributed by atoms with Crippen LogP contribution in [0, 0.1) is 0 Å². The van der Waals surface area contributed by atoms with Gasteiger partial charge in [-0.25, -0.2) is 14.4 Å². The van der Waals surface area contributed by atoms with Crippen molar-refractivity contribution in [3.05, 3.63) is 103 Å². The summed E-state index contributed by atoms with van der Waals surface area (Å²) in [4.78, 5) is 47.0. The van der Waals surface area contributed by atoms with Crippen LogP contribution in [0.4, 0.5) is 0 Å². The molecule has 0 aromatic heterocycles. The molecule has 10 nitrogen and oxygen atoms in total. The van der Waals surface area contributed by atoms with Crippen molar-refractivity contribution >= 4 is 23.9 Å². The minimum Gasteiger partial charge on any atom is -0.494 e. The van der Waals surface area contributed by atoms with E-state index in [4.69, 9.17) is 23.7 Å². The van der Waals surface area contributed by atoms with E-state index in [0.717, 1.165) is 11.1 Å². The highest BCUT2D eigenvalue weighted by Crippen LogP contribution is 2.25. The van der Waals surface area contributed by atoms with Gasteiger partial charge in [0.15, 0.2) is 0 Å². The average molecular weight is 631 g/mol. The first kappa shape index (κ1) is 35.1. The van der Waals surface area contributed by atoms with E-state index in [9.17, 15) is 19.2 Å². The molecule has 10 heteroatoms. The summed E-state index contributed by atoms with van der Waals surface area (Å²) >= 11 is 0. The van der Waals surface area contributed by atoms with Gasteiger partial charge in [-0.15, -0.1) is 0 Å². The molecule has 0 atom stereocenters. The molecule has 0 amide bonds. The van der Waals surface area contributed by atoms with Gasteiger partial charge in [0.05, 0.1) is 45.5 Å². The highest BCUT2D eigenvalue weighted by Gasteiger charge is 2.13. The lowest BCUT2D eigenvalue weighted by Gasteiger charge is -2.10. The van der Waals surface area contributed by atoms with Gasteiger partial charge in [0, 0.05) is 17.6 Å². The fourth-order valence-corrected chi connectivity index (χ4v) is 3.83. The molecule has 0 saturated heterocycles. The van der Waals surface area contributed by atoms with E-state index in [1.165, 1.54) is 7.11 Å². The molecule has 0 N–H and O–H groups in total. The maximum atomic E-state index is 12.6. The Morgan fingerprint density at radius 3 is 1.65 bits per heavy atom. The second-order valence-electron chi connectivity index (χ2n) is 10.1. The molecular weight excluding hydrogens is 592 g/mol. The van der Waals surface area contributed by atoms with Crippen LogP contribution in [0.25, 0.3) is 11.1 Å². The normalized spacial score (nSPS) is 10.3. The third-order valence-electron chi connectivity index (χ3n) is 6.40. The van der Waals surface area contributed by atoms with Crippen LogP contribution >= 0.6 is 0 Å². The number of carbonyl (C=O) groups excluding carboxylic acids is 4. The lowest BCUT2D eigenvalue weighted by atomic mass is 10.1. The molecular formula is C36H38O10. The zero-order valence-corrected chi connectivity index (χ0v) is 26.1. The lowest BCUT2D eigenvalue weighted by molar-refractivity contribution is -0.144. The van der Waals surface area contributed by atoms with E-state index >= 15 is 0 Å². The Labute approximate surface area is 268 Å². The summed E-state index contributed by atoms with van der Waals surface area (Å²) in [5.74, 6) is -0.374. The van der Waals surface area contributed by atoms with E-state index in [-0.39, 0.29) is 18.6 Å². The van der Waals surface area contributed by atoms with Crippen molar-refractivity contribution in [1.29, 1.82) is 0 Å². The van der Waals surface area contributed by atoms with Crippen molar-refractivity contribution in [3.63, 3.8) is 0 Å². The first-order valence-electron chi connectivity index (χ1n) is 14.7. The SMILES string of the molecule is C=C(C)C(=O)OCCCCOc1ccc(C(=O)Oc2ccc(-c3ccc(OCCCOC(=O)C(=C)CC(=O)OC)cc3)cc2)cc1. The standard InChI is InChI=1S/C36H38O10/c1-25(2)34(38)44-21-6-5-20-42-31-16-12-29(13-17-31)36(40)46-32-18-10-28(11-19-32)27-8-14-30(15-9-27)43-22-7-23-45-35(39)26(3)24-33(37)41-4/h8-19H,1,3,5-7,20-24H2,2,4H3. The van der Waals surface area contributed by atoms with E-state index in [2.05, 4.69) is 17.9 Å². The summed E-state index contributed by atoms with van der Waals surface area (Å²) in [6, 6.07) is 21.4. The van der Waals surface area contributed by atoms with Crippen LogP contribution in [-0.2, 0) is 28.6 Å². The van der Waals surface area contributed by atoms with Crippen molar-refractivity contribution < 1.29 is 47.6 Å². The molecule has 0 unspecified atom stereocenters. The van der Waals surface area contributed by atoms with Crippen LogP contribution in [0.3, 0.4) is 0 Å². The molecule has 0 spiro atoms. The number of unbranched alkanes of at least 4 members (excludes halogenated alkanes) is 1. The monoisotopic (exact) mass is 630 g/mol. The maximum absolute atomic E-state index is 12.6. The Balaban J connectivity index is 1.37. The molecule has 0 bridgehead atoms. The van der Waals surface area contributed by atoms with Gasteiger partial charge >= 0.3 is 23.9 Å². The summed E-state index contributed by atoms with van der Waals surface area (Å²) in [7, 11) is 1.24. The van der Waals surface area contributed by atoms with Gasteiger partial charge in [-0.05, 0) is 79.4 Å². The smallest absolute Gasteiger partial charge is 0.343 e. The number of hydrogen-bond donors (Lipinski definition) is 0. The average Bonchev–Trinajstić information content (AvgIpc) is 3.06. The molecule has 0 radical (unpaired) electrons. The van der Waals surface area contributed by atoms with Gasteiger partial charge in [-0.1, -0.05) is 37.4 Å². The summed E-state index contributed by atoms with van der Waals surface area (Å²) in [5, 5.41) is 0. The van der Waals surface area contributed by atoms with Crippen LogP contribution in [0.5, 0.6) is 17.2 Å². The molecule has 0 fully saturated rings. The lowest BCUT2D eigenvalue weighted by Crippen LogP contribution is -2.13. The van der Waals surface area contributed by atoms with Crippen molar-refractivity contribution in [1.82, 2.24) is 0 Å². The Morgan fingerprint density at radius 1 is 0.609 bits per heavy atom. The molecule has 3 aromatic carbocycles. The zero-order valence-electron chi connectivity index (χ0n) is 26.1. The second-order valence-corrected chi connectivity index (χ2v) is 10.1. The summed E-state index contributed by atoms with van der Waals surface area (Å²) in [6.07, 6.45) is 1.64. The summed E-state index contributed by atoms with van der Waals surface area (Å²) in [5.41, 5.74) is 2.68. The van der Waals surface area contributed by atoms with E-state index in [1.807, 2.05) is 36.4 Å². The number of esters is 4. The Morgan fingerprint density at radius 2 is 1.09 bits per heavy atom. The van der Waals surface area contributed by atoms with Crippen LogP contribution in [0.2, 0.25) is 0 Å². The third kappa shape index (κ3) is 12.0. The largest absolute Gasteiger partial charge is 0.494 e. The molecule has 0 aliphatic carbocycles. The fourth-order valence-electron chi connectivity index (χ4n) is 3.83. The van der Waals surface area contributed by atoms with Crippen LogP contribution in [0.15, 0.2) is 97.1 Å². The number of methoxy groups -OCH3 is 1. The van der Waals surface area contributed by atoms with E-state index in [1.54, 1.807) is 43.3 Å². The quantitative estimate of drug-likeness (QED) is 0.0521. The van der Waals surface area contributed by atoms with Gasteiger partial charge in [0.1, 0.15) is 17.2 Å². The zero-order chi connectivity index (χ0) is 33.3. The van der Waals surface area contributed by atoms with Crippen molar-refractivity contribution in [3.8, 4) is 28.4 Å². The molecule has 0 saturated carbocycles. The molecule has 46 heavy (non-hydrogen) atoms. The number of rotatable bonds is 18. The number of benzene rings is 3. The topological polar surface area (TPSA) is 124 Å². The van der Waals surface area contributed by atoms with Crippen molar-refractivity contribution in [2.45, 2.75) is 32.6 Å². The van der Waals surface area contributed by atoms with Gasteiger partial charge in [-0.3, -0.25) is 4.79 Å². The number of carbonyl (C=O) groups is 4. The minimum absolute atomic E-state index is 0.0390. The minimum atomic E-state index is -0.638. The first-order chi connectivity index (χ1) is 22.2. The van der Waals surface area contributed by atoms with Gasteiger partial charge in [-0.2, -0.15) is 0 Å². The molecule has 0 aliphatic heterocycles. The number of ether oxygens (including phenoxy) is 6. The van der Waals surface area contributed by atoms with Gasteiger partial charge < -0.3 is 28.4 Å². The second kappa shape index (κ2) is 18.4. The molecule has 242 valence electrons. The van der Waals surface area contributed by atoms with Crippen molar-refractivity contribution in [2.24, 2.45) is 0 Å². The molecule has 0 aliphatic rings. The van der Waals surface area contributed by atoms with E-state index in [0.29, 0.717) is 67.5 Å². The van der Waals surface area contributed by atoms with E-state index < -0.39 is 23.9 Å². The predicted molar refractivity (Wildman–Crippen MR) is 171 cm³/mol. The molecule has 3 rings (SSSR count). The van der Waals surface area contributed by atoms with Gasteiger partial charge in [0.25, 0.3) is 0 Å². The molecule has 3 aromatic rings.